The van der Waals surface area contributed by atoms with Crippen molar-refractivity contribution in [2.24, 2.45) is 0 Å². The van der Waals surface area contributed by atoms with Crippen LogP contribution in [0.3, 0.4) is 0 Å². The van der Waals surface area contributed by atoms with Crippen molar-refractivity contribution >= 4 is 5.97 Å². The van der Waals surface area contributed by atoms with Gasteiger partial charge in [0.2, 0.25) is 0 Å². The van der Waals surface area contributed by atoms with Crippen LogP contribution in [0.5, 0.6) is 0 Å². The molecule has 106 valence electrons. The van der Waals surface area contributed by atoms with Gasteiger partial charge in [-0.25, -0.2) is 0 Å². The third-order valence-electron chi connectivity index (χ3n) is 3.11. The predicted molar refractivity (Wildman–Crippen MR) is 76.9 cm³/mol. The van der Waals surface area contributed by atoms with E-state index in [0.717, 1.165) is 31.3 Å². The van der Waals surface area contributed by atoms with Gasteiger partial charge < -0.3 is 9.47 Å². The molecule has 1 aliphatic carbocycles. The molecule has 0 saturated carbocycles. The molecule has 0 spiro atoms. The molecule has 3 nitrogen and oxygen atoms in total. The van der Waals surface area contributed by atoms with Crippen LogP contribution in [0.1, 0.15) is 39.0 Å². The molecule has 1 aliphatic rings. The van der Waals surface area contributed by atoms with Crippen LogP contribution in [-0.2, 0) is 14.3 Å². The number of rotatable bonds is 8. The predicted octanol–water partition coefficient (Wildman–Crippen LogP) is 3.57. The van der Waals surface area contributed by atoms with Gasteiger partial charge in [0, 0.05) is 13.5 Å². The normalized spacial score (nSPS) is 21.9. The van der Waals surface area contributed by atoms with E-state index in [1.807, 2.05) is 24.3 Å². The Morgan fingerprint density at radius 1 is 1.42 bits per heavy atom. The minimum atomic E-state index is -0.312. The lowest BCUT2D eigenvalue weighted by Gasteiger charge is -2.24. The Morgan fingerprint density at radius 2 is 2.21 bits per heavy atom. The molecule has 0 amide bonds. The van der Waals surface area contributed by atoms with Crippen LogP contribution < -0.4 is 0 Å². The Hall–Kier alpha value is -1.35. The smallest absolute Gasteiger partial charge is 0.306 e. The standard InChI is InChI=1S/C16H24O3/c1-4-6-7-9-16(17)19-14-11-10-13(8-5-2)12-15(14)18-3/h5,10-12,14-15H,2,4,6-9H2,1,3H3. The van der Waals surface area contributed by atoms with Gasteiger partial charge in [-0.1, -0.05) is 31.9 Å². The van der Waals surface area contributed by atoms with Gasteiger partial charge in [-0.05, 0) is 30.6 Å². The molecule has 2 unspecified atom stereocenters. The van der Waals surface area contributed by atoms with Crippen LogP contribution in [0, 0.1) is 0 Å². The number of hydrogen-bond acceptors (Lipinski definition) is 3. The van der Waals surface area contributed by atoms with Crippen molar-refractivity contribution in [1.82, 2.24) is 0 Å². The fourth-order valence-electron chi connectivity index (χ4n) is 2.03. The minimum Gasteiger partial charge on any atom is -0.455 e. The summed E-state index contributed by atoms with van der Waals surface area (Å²) in [7, 11) is 1.63. The van der Waals surface area contributed by atoms with Crippen molar-refractivity contribution in [3.63, 3.8) is 0 Å². The Bertz CT molecular complexity index is 355. The Kier molecular flexibility index (Phi) is 7.19. The number of ether oxygens (including phenoxy) is 2. The van der Waals surface area contributed by atoms with Crippen LogP contribution in [0.25, 0.3) is 0 Å². The molecule has 0 heterocycles. The highest BCUT2D eigenvalue weighted by molar-refractivity contribution is 5.69. The maximum absolute atomic E-state index is 11.7. The SMILES string of the molecule is C=CCC1=CC(OC)C(OC(=O)CCCCC)C=C1. The Balaban J connectivity index is 2.48. The number of hydrogen-bond donors (Lipinski definition) is 0. The summed E-state index contributed by atoms with van der Waals surface area (Å²) in [5, 5.41) is 0. The first-order chi connectivity index (χ1) is 9.21. The second kappa shape index (κ2) is 8.70. The van der Waals surface area contributed by atoms with E-state index in [9.17, 15) is 4.79 Å². The van der Waals surface area contributed by atoms with Gasteiger partial charge in [0.15, 0.2) is 0 Å². The van der Waals surface area contributed by atoms with E-state index >= 15 is 0 Å². The summed E-state index contributed by atoms with van der Waals surface area (Å²) in [5.41, 5.74) is 1.14. The maximum atomic E-state index is 11.7. The zero-order valence-electron chi connectivity index (χ0n) is 11.9. The van der Waals surface area contributed by atoms with E-state index < -0.39 is 0 Å². The summed E-state index contributed by atoms with van der Waals surface area (Å²) in [6, 6.07) is 0. The summed E-state index contributed by atoms with van der Waals surface area (Å²) in [4.78, 5) is 11.7. The van der Waals surface area contributed by atoms with Crippen LogP contribution in [0.2, 0.25) is 0 Å². The lowest BCUT2D eigenvalue weighted by Crippen LogP contribution is -2.31. The fourth-order valence-corrected chi connectivity index (χ4v) is 2.03. The number of esters is 1. The van der Waals surface area contributed by atoms with Gasteiger partial charge in [0.05, 0.1) is 0 Å². The van der Waals surface area contributed by atoms with E-state index in [-0.39, 0.29) is 18.2 Å². The number of carbonyl (C=O) groups is 1. The molecule has 0 bridgehead atoms. The molecule has 3 heteroatoms. The van der Waals surface area contributed by atoms with Gasteiger partial charge in [-0.2, -0.15) is 0 Å². The van der Waals surface area contributed by atoms with Crippen LogP contribution in [-0.4, -0.2) is 25.3 Å². The molecule has 0 aromatic heterocycles. The third-order valence-corrected chi connectivity index (χ3v) is 3.11. The first kappa shape index (κ1) is 15.7. The van der Waals surface area contributed by atoms with E-state index in [1.54, 1.807) is 7.11 Å². The lowest BCUT2D eigenvalue weighted by atomic mass is 10.00. The third kappa shape index (κ3) is 5.43. The molecular formula is C16H24O3. The fraction of sp³-hybridized carbons (Fsp3) is 0.562. The van der Waals surface area contributed by atoms with Crippen molar-refractivity contribution in [3.05, 3.63) is 36.5 Å². The minimum absolute atomic E-state index is 0.147. The molecule has 0 aromatic rings. The van der Waals surface area contributed by atoms with Crippen LogP contribution in [0.15, 0.2) is 36.5 Å². The van der Waals surface area contributed by atoms with Gasteiger partial charge in [0.1, 0.15) is 12.2 Å². The van der Waals surface area contributed by atoms with Crippen molar-refractivity contribution in [1.29, 1.82) is 0 Å². The van der Waals surface area contributed by atoms with E-state index in [0.29, 0.717) is 6.42 Å². The van der Waals surface area contributed by atoms with Crippen molar-refractivity contribution in [2.45, 2.75) is 51.2 Å². The maximum Gasteiger partial charge on any atom is 0.306 e. The first-order valence-electron chi connectivity index (χ1n) is 6.93. The lowest BCUT2D eigenvalue weighted by molar-refractivity contribution is -0.151. The summed E-state index contributed by atoms with van der Waals surface area (Å²) < 4.78 is 10.8. The second-order valence-corrected chi connectivity index (χ2v) is 4.71. The summed E-state index contributed by atoms with van der Waals surface area (Å²) in [5.74, 6) is -0.147. The highest BCUT2D eigenvalue weighted by Crippen LogP contribution is 2.19. The molecule has 0 aromatic carbocycles. The molecule has 1 rings (SSSR count). The van der Waals surface area contributed by atoms with Gasteiger partial charge in [-0.15, -0.1) is 6.58 Å². The number of carbonyl (C=O) groups excluding carboxylic acids is 1. The van der Waals surface area contributed by atoms with Crippen LogP contribution >= 0.6 is 0 Å². The average Bonchev–Trinajstić information content (AvgIpc) is 2.41. The Morgan fingerprint density at radius 3 is 2.84 bits per heavy atom. The summed E-state index contributed by atoms with van der Waals surface area (Å²) >= 11 is 0. The highest BCUT2D eigenvalue weighted by atomic mass is 16.6. The number of unbranched alkanes of at least 4 members (excludes halogenated alkanes) is 2. The Labute approximate surface area is 116 Å². The van der Waals surface area contributed by atoms with Gasteiger partial charge in [0.25, 0.3) is 0 Å². The largest absolute Gasteiger partial charge is 0.455 e. The van der Waals surface area contributed by atoms with Crippen molar-refractivity contribution in [3.8, 4) is 0 Å². The zero-order chi connectivity index (χ0) is 14.1. The first-order valence-corrected chi connectivity index (χ1v) is 6.93. The number of allylic oxidation sites excluding steroid dienone is 3. The highest BCUT2D eigenvalue weighted by Gasteiger charge is 2.23. The molecule has 0 aliphatic heterocycles. The molecule has 0 saturated heterocycles. The summed E-state index contributed by atoms with van der Waals surface area (Å²) in [6.45, 7) is 5.83. The quantitative estimate of drug-likeness (QED) is 0.382. The monoisotopic (exact) mass is 264 g/mol. The molecule has 2 atom stereocenters. The molecule has 0 N–H and O–H groups in total. The van der Waals surface area contributed by atoms with Crippen molar-refractivity contribution < 1.29 is 14.3 Å². The van der Waals surface area contributed by atoms with Crippen molar-refractivity contribution in [2.75, 3.05) is 7.11 Å². The molecule has 0 fully saturated rings. The van der Waals surface area contributed by atoms with E-state index in [4.69, 9.17) is 9.47 Å². The average molecular weight is 264 g/mol. The summed E-state index contributed by atoms with van der Waals surface area (Å²) in [6.07, 6.45) is 11.5. The van der Waals surface area contributed by atoms with E-state index in [1.165, 1.54) is 0 Å². The number of methoxy groups -OCH3 is 1. The van der Waals surface area contributed by atoms with Gasteiger partial charge >= 0.3 is 5.97 Å². The molecule has 0 radical (unpaired) electrons. The molecular weight excluding hydrogens is 240 g/mol. The topological polar surface area (TPSA) is 35.5 Å². The second-order valence-electron chi connectivity index (χ2n) is 4.71. The van der Waals surface area contributed by atoms with Crippen LogP contribution in [0.4, 0.5) is 0 Å². The zero-order valence-corrected chi connectivity index (χ0v) is 11.9. The van der Waals surface area contributed by atoms with E-state index in [2.05, 4.69) is 13.5 Å². The molecule has 19 heavy (non-hydrogen) atoms. The van der Waals surface area contributed by atoms with Gasteiger partial charge in [-0.3, -0.25) is 4.79 Å².